The van der Waals surface area contributed by atoms with E-state index in [0.717, 1.165) is 23.9 Å². The lowest BCUT2D eigenvalue weighted by molar-refractivity contribution is 0.238. The highest BCUT2D eigenvalue weighted by atomic mass is 32.2. The Morgan fingerprint density at radius 3 is 2.20 bits per heavy atom. The molecule has 0 spiro atoms. The van der Waals surface area contributed by atoms with Gasteiger partial charge in [0.15, 0.2) is 17.5 Å². The average Bonchev–Trinajstić information content (AvgIpc) is 3.36. The molecule has 6 nitrogen and oxygen atoms in total. The van der Waals surface area contributed by atoms with Gasteiger partial charge in [0, 0.05) is 6.54 Å². The molecule has 4 rings (SSSR count). The number of benzene rings is 3. The van der Waals surface area contributed by atoms with Gasteiger partial charge in [0.2, 0.25) is 0 Å². The Morgan fingerprint density at radius 2 is 1.54 bits per heavy atom. The topological polar surface area (TPSA) is 70.1 Å². The number of hydrogen-bond donors (Lipinski definition) is 1. The fourth-order valence-corrected chi connectivity index (χ4v) is 5.43. The van der Waals surface area contributed by atoms with Crippen LogP contribution in [0.25, 0.3) is 0 Å². The van der Waals surface area contributed by atoms with Crippen LogP contribution < -0.4 is 9.04 Å². The van der Waals surface area contributed by atoms with Crippen LogP contribution >= 0.6 is 0 Å². The largest absolute Gasteiger partial charge is 0.508 e. The molecule has 0 bridgehead atoms. The number of anilines is 1. The van der Waals surface area contributed by atoms with Gasteiger partial charge >= 0.3 is 0 Å². The number of halogens is 3. The normalized spacial score (nSPS) is 14.3. The quantitative estimate of drug-likeness (QED) is 0.427. The smallest absolute Gasteiger partial charge is 0.267 e. The second-order valence-corrected chi connectivity index (χ2v) is 10.1. The van der Waals surface area contributed by atoms with E-state index in [1.54, 1.807) is 12.1 Å². The third-order valence-electron chi connectivity index (χ3n) is 5.83. The van der Waals surface area contributed by atoms with Gasteiger partial charge in [0.1, 0.15) is 23.0 Å². The highest BCUT2D eigenvalue weighted by Crippen LogP contribution is 2.30. The highest BCUT2D eigenvalue weighted by molar-refractivity contribution is 7.92. The molecule has 3 aromatic carbocycles. The summed E-state index contributed by atoms with van der Waals surface area (Å²) in [5.41, 5.74) is 0.661. The summed E-state index contributed by atoms with van der Waals surface area (Å²) < 4.78 is 75.2. The Labute approximate surface area is 202 Å². The first kappa shape index (κ1) is 24.9. The third kappa shape index (κ3) is 5.71. The van der Waals surface area contributed by atoms with Crippen LogP contribution in [-0.4, -0.2) is 44.7 Å². The van der Waals surface area contributed by atoms with E-state index in [4.69, 9.17) is 4.74 Å². The molecular weight excluding hydrogens is 481 g/mol. The Hall–Kier alpha value is -3.24. The van der Waals surface area contributed by atoms with E-state index in [1.807, 2.05) is 0 Å². The van der Waals surface area contributed by atoms with Gasteiger partial charge in [0.05, 0.1) is 12.2 Å². The molecule has 0 saturated carbocycles. The first-order valence-corrected chi connectivity index (χ1v) is 12.6. The van der Waals surface area contributed by atoms with Gasteiger partial charge < -0.3 is 9.84 Å². The number of phenols is 1. The molecular formula is C25H25F3N2O4S. The van der Waals surface area contributed by atoms with Gasteiger partial charge in [-0.2, -0.15) is 0 Å². The Bertz CT molecular complexity index is 1260. The van der Waals surface area contributed by atoms with Gasteiger partial charge in [-0.05, 0) is 80.0 Å². The summed E-state index contributed by atoms with van der Waals surface area (Å²) in [4.78, 5) is 1.32. The molecule has 0 atom stereocenters. The van der Waals surface area contributed by atoms with E-state index < -0.39 is 32.4 Å². The van der Waals surface area contributed by atoms with Crippen LogP contribution in [0.15, 0.2) is 65.6 Å². The van der Waals surface area contributed by atoms with E-state index in [1.165, 1.54) is 49.2 Å². The van der Waals surface area contributed by atoms with Crippen molar-refractivity contribution >= 4 is 15.7 Å². The van der Waals surface area contributed by atoms with Crippen molar-refractivity contribution in [1.82, 2.24) is 4.90 Å². The van der Waals surface area contributed by atoms with Crippen LogP contribution in [0.1, 0.15) is 18.4 Å². The first-order valence-electron chi connectivity index (χ1n) is 11.1. The summed E-state index contributed by atoms with van der Waals surface area (Å²) in [5, 5.41) is 9.53. The monoisotopic (exact) mass is 506 g/mol. The van der Waals surface area contributed by atoms with Crippen LogP contribution in [-0.2, 0) is 16.6 Å². The van der Waals surface area contributed by atoms with Crippen molar-refractivity contribution in [3.63, 3.8) is 0 Å². The van der Waals surface area contributed by atoms with Crippen molar-refractivity contribution in [2.75, 3.05) is 30.5 Å². The molecule has 1 N–H and O–H groups in total. The second-order valence-electron chi connectivity index (χ2n) is 8.24. The number of ether oxygens (including phenoxy) is 1. The number of likely N-dealkylation sites (tertiary alicyclic amines) is 1. The van der Waals surface area contributed by atoms with E-state index >= 15 is 0 Å². The van der Waals surface area contributed by atoms with E-state index in [-0.39, 0.29) is 18.0 Å². The fourth-order valence-electron chi connectivity index (χ4n) is 3.92. The molecule has 1 aliphatic heterocycles. The minimum absolute atomic E-state index is 0.00904. The summed E-state index contributed by atoms with van der Waals surface area (Å²) in [5.74, 6) is -4.61. The number of hydrogen-bond acceptors (Lipinski definition) is 5. The maximum atomic E-state index is 14.5. The summed E-state index contributed by atoms with van der Waals surface area (Å²) in [6.45, 7) is 3.13. The van der Waals surface area contributed by atoms with Crippen molar-refractivity contribution in [2.45, 2.75) is 24.3 Å². The fraction of sp³-hybridized carbons (Fsp3) is 0.280. The SMILES string of the molecule is O=S(=O)(c1ccc(F)c(F)c1F)N(Cc1ccc(O)cc1)c1ccc(OCCN2CCCC2)cc1. The number of aromatic hydroxyl groups is 1. The van der Waals surface area contributed by atoms with Crippen LogP contribution in [0.3, 0.4) is 0 Å². The Morgan fingerprint density at radius 1 is 0.886 bits per heavy atom. The molecule has 0 unspecified atom stereocenters. The summed E-state index contributed by atoms with van der Waals surface area (Å²) in [7, 11) is -4.63. The predicted molar refractivity (Wildman–Crippen MR) is 125 cm³/mol. The van der Waals surface area contributed by atoms with Crippen LogP contribution in [0.4, 0.5) is 18.9 Å². The minimum Gasteiger partial charge on any atom is -0.508 e. The van der Waals surface area contributed by atoms with Crippen LogP contribution in [0.2, 0.25) is 0 Å². The predicted octanol–water partition coefficient (Wildman–Crippen LogP) is 4.68. The minimum atomic E-state index is -4.63. The lowest BCUT2D eigenvalue weighted by Crippen LogP contribution is -2.31. The Kier molecular flexibility index (Phi) is 7.51. The van der Waals surface area contributed by atoms with Crippen molar-refractivity contribution < 1.29 is 31.4 Å². The summed E-state index contributed by atoms with van der Waals surface area (Å²) >= 11 is 0. The molecule has 0 amide bonds. The van der Waals surface area contributed by atoms with Crippen molar-refractivity contribution in [3.05, 3.63) is 83.7 Å². The van der Waals surface area contributed by atoms with E-state index in [2.05, 4.69) is 4.90 Å². The van der Waals surface area contributed by atoms with Gasteiger partial charge in [-0.1, -0.05) is 12.1 Å². The van der Waals surface area contributed by atoms with Crippen molar-refractivity contribution in [2.24, 2.45) is 0 Å². The zero-order chi connectivity index (χ0) is 25.0. The number of phenolic OH excluding ortho intramolecular Hbond substituents is 1. The maximum Gasteiger partial charge on any atom is 0.267 e. The molecule has 1 aliphatic rings. The lowest BCUT2D eigenvalue weighted by Gasteiger charge is -2.25. The lowest BCUT2D eigenvalue weighted by atomic mass is 10.2. The molecule has 0 aromatic heterocycles. The molecule has 35 heavy (non-hydrogen) atoms. The molecule has 10 heteroatoms. The standard InChI is InChI=1S/C25H25F3N2O4S/c26-22-11-12-23(25(28)24(22)27)35(32,33)30(17-18-3-7-20(31)8-4-18)19-5-9-21(10-6-19)34-16-15-29-13-1-2-14-29/h3-12,31H,1-2,13-17H2. The van der Waals surface area contributed by atoms with Crippen molar-refractivity contribution in [3.8, 4) is 11.5 Å². The van der Waals surface area contributed by atoms with Crippen LogP contribution in [0.5, 0.6) is 11.5 Å². The molecule has 1 heterocycles. The van der Waals surface area contributed by atoms with Gasteiger partial charge in [-0.15, -0.1) is 0 Å². The van der Waals surface area contributed by atoms with Gasteiger partial charge in [0.25, 0.3) is 10.0 Å². The zero-order valence-electron chi connectivity index (χ0n) is 18.8. The average molecular weight is 507 g/mol. The van der Waals surface area contributed by atoms with E-state index in [9.17, 15) is 26.7 Å². The highest BCUT2D eigenvalue weighted by Gasteiger charge is 2.31. The summed E-state index contributed by atoms with van der Waals surface area (Å²) in [6, 6.07) is 13.3. The van der Waals surface area contributed by atoms with Gasteiger partial charge in [-0.3, -0.25) is 9.21 Å². The molecule has 1 saturated heterocycles. The third-order valence-corrected chi connectivity index (χ3v) is 7.62. The Balaban J connectivity index is 1.61. The van der Waals surface area contributed by atoms with Crippen LogP contribution in [0, 0.1) is 17.5 Å². The maximum absolute atomic E-state index is 14.5. The second kappa shape index (κ2) is 10.6. The number of nitrogens with zero attached hydrogens (tertiary/aromatic N) is 2. The first-order chi connectivity index (χ1) is 16.8. The van der Waals surface area contributed by atoms with Crippen molar-refractivity contribution in [1.29, 1.82) is 0 Å². The van der Waals surface area contributed by atoms with E-state index in [0.29, 0.717) is 30.1 Å². The summed E-state index contributed by atoms with van der Waals surface area (Å²) in [6.07, 6.45) is 2.36. The number of rotatable bonds is 9. The molecule has 0 radical (unpaired) electrons. The zero-order valence-corrected chi connectivity index (χ0v) is 19.6. The van der Waals surface area contributed by atoms with Gasteiger partial charge in [-0.25, -0.2) is 21.6 Å². The number of sulfonamides is 1. The molecule has 3 aromatic rings. The molecule has 186 valence electrons. The molecule has 1 fully saturated rings. The molecule has 0 aliphatic carbocycles.